The van der Waals surface area contributed by atoms with E-state index in [1.807, 2.05) is 41.3 Å². The van der Waals surface area contributed by atoms with Gasteiger partial charge in [0, 0.05) is 38.0 Å². The predicted molar refractivity (Wildman–Crippen MR) is 185 cm³/mol. The van der Waals surface area contributed by atoms with Gasteiger partial charge in [-0.15, -0.1) is 0 Å². The summed E-state index contributed by atoms with van der Waals surface area (Å²) in [5, 5.41) is 0. The molecule has 0 aromatic heterocycles. The Morgan fingerprint density at radius 1 is 0.848 bits per heavy atom. The molecule has 0 atom stereocenters. The number of nitrogens with zero attached hydrogens (tertiary/aromatic N) is 3. The van der Waals surface area contributed by atoms with Gasteiger partial charge in [-0.05, 0) is 74.1 Å². The smallest absolute Gasteiger partial charge is 0.264 e. The molecule has 1 aliphatic carbocycles. The molecule has 9 nitrogen and oxygen atoms in total. The first-order valence-corrected chi connectivity index (χ1v) is 17.8. The third-order valence-corrected chi connectivity index (χ3v) is 10.4. The summed E-state index contributed by atoms with van der Waals surface area (Å²) in [5.41, 5.74) is 3.20. The molecule has 1 heterocycles. The average Bonchev–Trinajstić information content (AvgIpc) is 3.31. The fourth-order valence-electron chi connectivity index (χ4n) is 6.66. The number of nitrogens with one attached hydrogen (secondary N) is 1. The van der Waals surface area contributed by atoms with Crippen molar-refractivity contribution < 1.29 is 22.7 Å². The first-order valence-electron chi connectivity index (χ1n) is 16.4. The van der Waals surface area contributed by atoms with Gasteiger partial charge in [0.15, 0.2) is 0 Å². The van der Waals surface area contributed by atoms with Crippen molar-refractivity contribution in [2.45, 2.75) is 69.1 Å². The fraction of sp³-hybridized carbons (Fsp3) is 0.444. The number of rotatable bonds is 9. The zero-order valence-corrected chi connectivity index (χ0v) is 28.0. The highest BCUT2D eigenvalue weighted by atomic mass is 32.2. The van der Waals surface area contributed by atoms with E-state index in [0.29, 0.717) is 30.9 Å². The van der Waals surface area contributed by atoms with Crippen molar-refractivity contribution >= 4 is 39.2 Å². The van der Waals surface area contributed by atoms with Gasteiger partial charge in [0.05, 0.1) is 31.3 Å². The van der Waals surface area contributed by atoms with Gasteiger partial charge in [-0.3, -0.25) is 14.5 Å². The Morgan fingerprint density at radius 3 is 2.33 bits per heavy atom. The first-order chi connectivity index (χ1) is 22.4. The highest BCUT2D eigenvalue weighted by molar-refractivity contribution is 7.92. The molecule has 3 aromatic rings. The van der Waals surface area contributed by atoms with Crippen LogP contribution in [0.5, 0.6) is 11.5 Å². The lowest BCUT2D eigenvalue weighted by Crippen LogP contribution is -2.35. The van der Waals surface area contributed by atoms with E-state index >= 15 is 0 Å². The van der Waals surface area contributed by atoms with Crippen LogP contribution in [0, 0.1) is 0 Å². The summed E-state index contributed by atoms with van der Waals surface area (Å²) in [5.74, 6) is 1.23. The van der Waals surface area contributed by atoms with Crippen molar-refractivity contribution in [2.75, 3.05) is 50.0 Å². The van der Waals surface area contributed by atoms with Crippen LogP contribution >= 0.6 is 0 Å². The van der Waals surface area contributed by atoms with Gasteiger partial charge in [0.25, 0.3) is 15.9 Å². The van der Waals surface area contributed by atoms with Gasteiger partial charge >= 0.3 is 0 Å². The Morgan fingerprint density at radius 2 is 1.59 bits per heavy atom. The summed E-state index contributed by atoms with van der Waals surface area (Å²) in [6.45, 7) is 4.44. The van der Waals surface area contributed by atoms with E-state index in [2.05, 4.69) is 14.6 Å². The van der Waals surface area contributed by atoms with E-state index in [4.69, 9.17) is 9.47 Å². The standard InChI is InChI=1S/C36H46N4O5S/c1-4-37-35-29(27-14-8-6-5-7-9-15-27)16-12-19-34(35)46(42,43)38-30-21-20-28(26-33(30)45-3)36(41)40-23-13-22-39(24-25-40)31-17-10-11-18-32(31)44-2/h4,10-12,16-21,26-27,38H,5-9,13-15,22-25H2,1-3H3/b37-4-. The highest BCUT2D eigenvalue weighted by Crippen LogP contribution is 2.40. The summed E-state index contributed by atoms with van der Waals surface area (Å²) in [4.78, 5) is 22.4. The Balaban J connectivity index is 1.35. The number of para-hydroxylation sites is 3. The molecule has 0 spiro atoms. The molecule has 0 unspecified atom stereocenters. The number of benzene rings is 3. The first kappa shape index (κ1) is 33.3. The topological polar surface area (TPSA) is 101 Å². The summed E-state index contributed by atoms with van der Waals surface area (Å²) < 4.78 is 41.7. The largest absolute Gasteiger partial charge is 0.495 e. The van der Waals surface area contributed by atoms with Crippen LogP contribution in [-0.2, 0) is 10.0 Å². The van der Waals surface area contributed by atoms with Crippen LogP contribution in [0.3, 0.4) is 0 Å². The minimum absolute atomic E-state index is 0.124. The quantitative estimate of drug-likeness (QED) is 0.243. The van der Waals surface area contributed by atoms with E-state index in [9.17, 15) is 13.2 Å². The molecule has 1 aliphatic heterocycles. The number of hydrogen-bond donors (Lipinski definition) is 1. The maximum atomic E-state index is 13.9. The SMILES string of the molecule is C/C=N\c1c(C2CCCCCCC2)cccc1S(=O)(=O)Nc1ccc(C(=O)N2CCCN(c3ccccc3OC)CC2)cc1OC. The fourth-order valence-corrected chi connectivity index (χ4v) is 7.91. The second-order valence-electron chi connectivity index (χ2n) is 11.9. The van der Waals surface area contributed by atoms with Crippen molar-refractivity contribution in [2.24, 2.45) is 4.99 Å². The molecule has 1 N–H and O–H groups in total. The van der Waals surface area contributed by atoms with Gasteiger partial charge in [-0.2, -0.15) is 0 Å². The summed E-state index contributed by atoms with van der Waals surface area (Å²) >= 11 is 0. The molecular formula is C36H46N4O5S. The molecule has 3 aromatic carbocycles. The molecule has 46 heavy (non-hydrogen) atoms. The lowest BCUT2D eigenvalue weighted by molar-refractivity contribution is 0.0766. The molecule has 246 valence electrons. The molecule has 0 radical (unpaired) electrons. The van der Waals surface area contributed by atoms with Crippen LogP contribution in [0.4, 0.5) is 17.1 Å². The van der Waals surface area contributed by atoms with E-state index in [-0.39, 0.29) is 28.2 Å². The molecule has 1 amide bonds. The number of ether oxygens (including phenoxy) is 2. The minimum Gasteiger partial charge on any atom is -0.495 e. The molecule has 2 fully saturated rings. The number of carbonyl (C=O) groups excluding carboxylic acids is 1. The van der Waals surface area contributed by atoms with Crippen molar-refractivity contribution in [3.63, 3.8) is 0 Å². The summed E-state index contributed by atoms with van der Waals surface area (Å²) in [7, 11) is -0.890. The second kappa shape index (κ2) is 15.5. The van der Waals surface area contributed by atoms with Crippen molar-refractivity contribution in [1.82, 2.24) is 4.90 Å². The molecule has 1 saturated heterocycles. The van der Waals surface area contributed by atoms with Gasteiger partial charge in [-0.25, -0.2) is 8.42 Å². The number of sulfonamides is 1. The highest BCUT2D eigenvalue weighted by Gasteiger charge is 2.27. The number of anilines is 2. The third-order valence-electron chi connectivity index (χ3n) is 9.02. The van der Waals surface area contributed by atoms with Crippen LogP contribution in [0.15, 0.2) is 70.6 Å². The molecule has 1 saturated carbocycles. The van der Waals surface area contributed by atoms with Crippen LogP contribution in [0.2, 0.25) is 0 Å². The number of aliphatic imine (C=N–C) groups is 1. The van der Waals surface area contributed by atoms with Gasteiger partial charge < -0.3 is 19.3 Å². The van der Waals surface area contributed by atoms with Gasteiger partial charge in [0.1, 0.15) is 16.4 Å². The van der Waals surface area contributed by atoms with Crippen LogP contribution in [0.25, 0.3) is 0 Å². The molecule has 2 aliphatic rings. The van der Waals surface area contributed by atoms with E-state index < -0.39 is 10.0 Å². The number of methoxy groups -OCH3 is 2. The average molecular weight is 647 g/mol. The normalized spacial score (nSPS) is 16.8. The Bertz CT molecular complexity index is 1630. The van der Waals surface area contributed by atoms with Crippen LogP contribution in [-0.4, -0.2) is 65.8 Å². The van der Waals surface area contributed by atoms with Gasteiger partial charge in [0.2, 0.25) is 0 Å². The van der Waals surface area contributed by atoms with Gasteiger partial charge in [-0.1, -0.05) is 56.4 Å². The summed E-state index contributed by atoms with van der Waals surface area (Å²) in [6.07, 6.45) is 10.5. The lowest BCUT2D eigenvalue weighted by atomic mass is 9.85. The Hall–Kier alpha value is -4.05. The predicted octanol–water partition coefficient (Wildman–Crippen LogP) is 7.41. The van der Waals surface area contributed by atoms with Crippen molar-refractivity contribution in [3.8, 4) is 11.5 Å². The third kappa shape index (κ3) is 7.66. The second-order valence-corrected chi connectivity index (χ2v) is 13.6. The lowest BCUT2D eigenvalue weighted by Gasteiger charge is -2.25. The summed E-state index contributed by atoms with van der Waals surface area (Å²) in [6, 6.07) is 18.2. The van der Waals surface area contributed by atoms with E-state index in [1.165, 1.54) is 26.4 Å². The molecule has 0 bridgehead atoms. The van der Waals surface area contributed by atoms with Crippen LogP contribution < -0.4 is 19.1 Å². The Kier molecular flexibility index (Phi) is 11.2. The van der Waals surface area contributed by atoms with E-state index in [0.717, 1.165) is 55.6 Å². The maximum Gasteiger partial charge on any atom is 0.264 e. The monoisotopic (exact) mass is 646 g/mol. The molecular weight excluding hydrogens is 600 g/mol. The zero-order chi connectivity index (χ0) is 32.5. The van der Waals surface area contributed by atoms with Crippen LogP contribution in [0.1, 0.15) is 80.1 Å². The maximum absolute atomic E-state index is 13.9. The number of carbonyl (C=O) groups is 1. The molecule has 5 rings (SSSR count). The number of amides is 1. The van der Waals surface area contributed by atoms with Crippen molar-refractivity contribution in [3.05, 3.63) is 71.8 Å². The Labute approximate surface area is 273 Å². The molecule has 10 heteroatoms. The van der Waals surface area contributed by atoms with Crippen molar-refractivity contribution in [1.29, 1.82) is 0 Å². The van der Waals surface area contributed by atoms with E-state index in [1.54, 1.807) is 44.5 Å². The number of hydrogen-bond acceptors (Lipinski definition) is 7. The zero-order valence-electron chi connectivity index (χ0n) is 27.2. The minimum atomic E-state index is -4.03.